The molecule has 1 aliphatic rings. The summed E-state index contributed by atoms with van der Waals surface area (Å²) in [4.78, 5) is 0. The van der Waals surface area contributed by atoms with E-state index in [4.69, 9.17) is 17.3 Å². The lowest BCUT2D eigenvalue weighted by atomic mass is 10.3. The third kappa shape index (κ3) is 1.66. The molecule has 0 spiro atoms. The minimum absolute atomic E-state index is 0.0474. The standard InChI is InChI=1S/C8H13N3OS/c1-5-2-6(5)3-11-7(4-12)9-10-8(11)13/h5-6,12H,2-4H2,1H3,(H,10,13). The number of rotatable bonds is 3. The fourth-order valence-electron chi connectivity index (χ4n) is 1.55. The summed E-state index contributed by atoms with van der Waals surface area (Å²) in [5.74, 6) is 2.15. The van der Waals surface area contributed by atoms with Crippen LogP contribution in [0.3, 0.4) is 0 Å². The minimum atomic E-state index is -0.0474. The average molecular weight is 199 g/mol. The van der Waals surface area contributed by atoms with E-state index < -0.39 is 0 Å². The van der Waals surface area contributed by atoms with Gasteiger partial charge in [0.15, 0.2) is 10.6 Å². The molecule has 0 radical (unpaired) electrons. The second kappa shape index (κ2) is 3.23. The predicted molar refractivity (Wildman–Crippen MR) is 50.6 cm³/mol. The fourth-order valence-corrected chi connectivity index (χ4v) is 1.77. The van der Waals surface area contributed by atoms with Gasteiger partial charge in [-0.05, 0) is 30.5 Å². The van der Waals surface area contributed by atoms with E-state index in [2.05, 4.69) is 17.1 Å². The highest BCUT2D eigenvalue weighted by Gasteiger charge is 2.33. The van der Waals surface area contributed by atoms with Gasteiger partial charge < -0.3 is 9.67 Å². The van der Waals surface area contributed by atoms with E-state index in [0.29, 0.717) is 10.6 Å². The molecule has 0 amide bonds. The third-order valence-corrected chi connectivity index (χ3v) is 2.98. The van der Waals surface area contributed by atoms with Gasteiger partial charge in [-0.3, -0.25) is 5.10 Å². The Hall–Kier alpha value is -0.680. The number of hydrogen-bond acceptors (Lipinski definition) is 3. The zero-order valence-electron chi connectivity index (χ0n) is 7.53. The lowest BCUT2D eigenvalue weighted by molar-refractivity contribution is 0.263. The zero-order valence-corrected chi connectivity index (χ0v) is 8.34. The SMILES string of the molecule is CC1CC1Cn1c(CO)n[nH]c1=S. The van der Waals surface area contributed by atoms with E-state index in [1.165, 1.54) is 6.42 Å². The Morgan fingerprint density at radius 2 is 2.46 bits per heavy atom. The molecule has 2 unspecified atom stereocenters. The summed E-state index contributed by atoms with van der Waals surface area (Å²) in [6.45, 7) is 3.08. The summed E-state index contributed by atoms with van der Waals surface area (Å²) < 4.78 is 2.51. The van der Waals surface area contributed by atoms with Crippen LogP contribution in [0.4, 0.5) is 0 Å². The molecule has 2 rings (SSSR count). The first-order valence-electron chi connectivity index (χ1n) is 4.47. The molecular formula is C8H13N3OS. The van der Waals surface area contributed by atoms with Crippen molar-refractivity contribution in [2.75, 3.05) is 0 Å². The first-order valence-corrected chi connectivity index (χ1v) is 4.88. The van der Waals surface area contributed by atoms with E-state index in [1.807, 2.05) is 4.57 Å². The highest BCUT2D eigenvalue weighted by molar-refractivity contribution is 7.71. The Morgan fingerprint density at radius 1 is 1.77 bits per heavy atom. The van der Waals surface area contributed by atoms with Crippen LogP contribution in [0.2, 0.25) is 0 Å². The molecule has 2 atom stereocenters. The Morgan fingerprint density at radius 3 is 3.00 bits per heavy atom. The molecule has 13 heavy (non-hydrogen) atoms. The molecule has 1 fully saturated rings. The Labute approximate surface area is 81.6 Å². The van der Waals surface area contributed by atoms with Crippen LogP contribution in [0, 0.1) is 16.6 Å². The molecule has 1 aromatic rings. The summed E-state index contributed by atoms with van der Waals surface area (Å²) >= 11 is 5.06. The number of aliphatic hydroxyl groups is 1. The summed E-state index contributed by atoms with van der Waals surface area (Å²) in [6.07, 6.45) is 1.26. The van der Waals surface area contributed by atoms with Crippen LogP contribution in [-0.2, 0) is 13.2 Å². The second-order valence-corrected chi connectivity index (χ2v) is 4.07. The molecule has 0 bridgehead atoms. The van der Waals surface area contributed by atoms with Crippen LogP contribution in [0.1, 0.15) is 19.2 Å². The van der Waals surface area contributed by atoms with E-state index in [1.54, 1.807) is 0 Å². The van der Waals surface area contributed by atoms with Gasteiger partial charge in [0.05, 0.1) is 0 Å². The minimum Gasteiger partial charge on any atom is -0.388 e. The molecule has 0 aromatic carbocycles. The van der Waals surface area contributed by atoms with Crippen molar-refractivity contribution in [1.29, 1.82) is 0 Å². The maximum Gasteiger partial charge on any atom is 0.195 e. The lowest BCUT2D eigenvalue weighted by Gasteiger charge is -2.02. The summed E-state index contributed by atoms with van der Waals surface area (Å²) in [6, 6.07) is 0. The molecule has 72 valence electrons. The van der Waals surface area contributed by atoms with Crippen LogP contribution in [0.25, 0.3) is 0 Å². The summed E-state index contributed by atoms with van der Waals surface area (Å²) in [7, 11) is 0. The largest absolute Gasteiger partial charge is 0.388 e. The van der Waals surface area contributed by atoms with Gasteiger partial charge in [0.1, 0.15) is 6.61 Å². The smallest absolute Gasteiger partial charge is 0.195 e. The molecule has 1 aromatic heterocycles. The van der Waals surface area contributed by atoms with Gasteiger partial charge >= 0.3 is 0 Å². The number of aromatic nitrogens is 3. The van der Waals surface area contributed by atoms with Crippen molar-refractivity contribution in [2.45, 2.75) is 26.5 Å². The number of hydrogen-bond donors (Lipinski definition) is 2. The van der Waals surface area contributed by atoms with E-state index >= 15 is 0 Å². The maximum atomic E-state index is 8.98. The molecule has 0 aliphatic heterocycles. The number of H-pyrrole nitrogens is 1. The third-order valence-electron chi connectivity index (χ3n) is 2.67. The van der Waals surface area contributed by atoms with Crippen molar-refractivity contribution < 1.29 is 5.11 Å². The summed E-state index contributed by atoms with van der Waals surface area (Å²) in [5.41, 5.74) is 0. The summed E-state index contributed by atoms with van der Waals surface area (Å²) in [5, 5.41) is 15.6. The van der Waals surface area contributed by atoms with Crippen molar-refractivity contribution in [1.82, 2.24) is 14.8 Å². The number of aromatic amines is 1. The molecular weight excluding hydrogens is 186 g/mol. The molecule has 2 N–H and O–H groups in total. The normalized spacial score (nSPS) is 26.3. The van der Waals surface area contributed by atoms with Gasteiger partial charge in [-0.15, -0.1) is 0 Å². The fraction of sp³-hybridized carbons (Fsp3) is 0.750. The zero-order chi connectivity index (χ0) is 9.42. The topological polar surface area (TPSA) is 53.8 Å². The maximum absolute atomic E-state index is 8.98. The Balaban J connectivity index is 2.17. The Bertz CT molecular complexity index is 357. The van der Waals surface area contributed by atoms with Crippen LogP contribution in [-0.4, -0.2) is 19.9 Å². The first kappa shape index (κ1) is 8.90. The van der Waals surface area contributed by atoms with Gasteiger partial charge in [0.25, 0.3) is 0 Å². The van der Waals surface area contributed by atoms with Crippen molar-refractivity contribution in [3.05, 3.63) is 10.6 Å². The average Bonchev–Trinajstić information content (AvgIpc) is 2.68. The number of nitrogens with one attached hydrogen (secondary N) is 1. The highest BCUT2D eigenvalue weighted by atomic mass is 32.1. The van der Waals surface area contributed by atoms with Gasteiger partial charge in [0.2, 0.25) is 0 Å². The van der Waals surface area contributed by atoms with E-state index in [9.17, 15) is 0 Å². The number of nitrogens with zero attached hydrogens (tertiary/aromatic N) is 2. The highest BCUT2D eigenvalue weighted by Crippen LogP contribution is 2.39. The molecule has 5 heteroatoms. The van der Waals surface area contributed by atoms with Crippen LogP contribution in [0.5, 0.6) is 0 Å². The van der Waals surface area contributed by atoms with Crippen molar-refractivity contribution in [3.8, 4) is 0 Å². The van der Waals surface area contributed by atoms with Gasteiger partial charge in [-0.1, -0.05) is 6.92 Å². The number of aliphatic hydroxyl groups excluding tert-OH is 1. The van der Waals surface area contributed by atoms with E-state index in [-0.39, 0.29) is 6.61 Å². The van der Waals surface area contributed by atoms with Crippen molar-refractivity contribution in [2.24, 2.45) is 11.8 Å². The first-order chi connectivity index (χ1) is 6.22. The predicted octanol–water partition coefficient (Wildman–Crippen LogP) is 1.09. The second-order valence-electron chi connectivity index (χ2n) is 3.69. The van der Waals surface area contributed by atoms with Crippen molar-refractivity contribution in [3.63, 3.8) is 0 Å². The van der Waals surface area contributed by atoms with E-state index in [0.717, 1.165) is 18.4 Å². The van der Waals surface area contributed by atoms with Crippen LogP contribution in [0.15, 0.2) is 0 Å². The van der Waals surface area contributed by atoms with Gasteiger partial charge in [-0.25, -0.2) is 0 Å². The van der Waals surface area contributed by atoms with Gasteiger partial charge in [-0.2, -0.15) is 5.10 Å². The molecule has 1 saturated carbocycles. The van der Waals surface area contributed by atoms with Gasteiger partial charge in [0, 0.05) is 6.54 Å². The Kier molecular flexibility index (Phi) is 2.21. The lowest BCUT2D eigenvalue weighted by Crippen LogP contribution is -2.06. The molecule has 0 saturated heterocycles. The molecule has 4 nitrogen and oxygen atoms in total. The molecule has 1 aliphatic carbocycles. The van der Waals surface area contributed by atoms with Crippen LogP contribution >= 0.6 is 12.2 Å². The monoisotopic (exact) mass is 199 g/mol. The molecule has 1 heterocycles. The quantitative estimate of drug-likeness (QED) is 0.716. The van der Waals surface area contributed by atoms with Crippen LogP contribution < -0.4 is 0 Å². The van der Waals surface area contributed by atoms with Crippen molar-refractivity contribution >= 4 is 12.2 Å².